The van der Waals surface area contributed by atoms with Gasteiger partial charge in [0.05, 0.1) is 18.8 Å². The van der Waals surface area contributed by atoms with Crippen molar-refractivity contribution in [3.05, 3.63) is 56.3 Å². The summed E-state index contributed by atoms with van der Waals surface area (Å²) in [7, 11) is 0. The first-order valence-electron chi connectivity index (χ1n) is 8.63. The molecule has 1 fully saturated rings. The van der Waals surface area contributed by atoms with E-state index in [1.807, 2.05) is 18.3 Å². The molecule has 0 amide bonds. The van der Waals surface area contributed by atoms with E-state index in [2.05, 4.69) is 38.1 Å². The molecule has 2 aliphatic rings. The van der Waals surface area contributed by atoms with Crippen molar-refractivity contribution >= 4 is 11.3 Å². The van der Waals surface area contributed by atoms with E-state index in [0.29, 0.717) is 19.4 Å². The molecule has 4 rings (SSSR count). The molecule has 0 bridgehead atoms. The zero-order chi connectivity index (χ0) is 16.9. The number of hydrogen-bond acceptors (Lipinski definition) is 4. The Morgan fingerprint density at radius 2 is 2.12 bits per heavy atom. The number of ether oxygens (including phenoxy) is 2. The molecule has 2 aromatic rings. The minimum atomic E-state index is -0.764. The quantitative estimate of drug-likeness (QED) is 0.887. The summed E-state index contributed by atoms with van der Waals surface area (Å²) in [6.45, 7) is 6.88. The van der Waals surface area contributed by atoms with Gasteiger partial charge < -0.3 is 14.6 Å². The van der Waals surface area contributed by atoms with Gasteiger partial charge in [-0.3, -0.25) is 0 Å². The van der Waals surface area contributed by atoms with Gasteiger partial charge in [0.25, 0.3) is 0 Å². The van der Waals surface area contributed by atoms with Crippen LogP contribution in [0.5, 0.6) is 0 Å². The minimum absolute atomic E-state index is 0.00407. The summed E-state index contributed by atoms with van der Waals surface area (Å²) in [5.74, 6) is -0.764. The van der Waals surface area contributed by atoms with Gasteiger partial charge in [-0.15, -0.1) is 11.3 Å². The number of aryl methyl sites for hydroxylation is 2. The summed E-state index contributed by atoms with van der Waals surface area (Å²) in [4.78, 5) is 2.72. The van der Waals surface area contributed by atoms with Gasteiger partial charge in [0.15, 0.2) is 5.79 Å². The Labute approximate surface area is 147 Å². The highest BCUT2D eigenvalue weighted by Gasteiger charge is 2.47. The van der Waals surface area contributed by atoms with Crippen LogP contribution < -0.4 is 0 Å². The zero-order valence-corrected chi connectivity index (χ0v) is 15.3. The number of aliphatic hydroxyl groups excluding tert-OH is 1. The first-order valence-corrected chi connectivity index (χ1v) is 9.45. The fourth-order valence-corrected chi connectivity index (χ4v) is 4.89. The van der Waals surface area contributed by atoms with E-state index in [-0.39, 0.29) is 12.2 Å². The molecule has 1 spiro atoms. The predicted octanol–water partition coefficient (Wildman–Crippen LogP) is 4.20. The van der Waals surface area contributed by atoms with E-state index in [4.69, 9.17) is 9.47 Å². The maximum atomic E-state index is 10.2. The van der Waals surface area contributed by atoms with Gasteiger partial charge in [0.2, 0.25) is 0 Å². The van der Waals surface area contributed by atoms with Crippen molar-refractivity contribution in [1.29, 1.82) is 0 Å². The highest BCUT2D eigenvalue weighted by Crippen LogP contribution is 2.46. The normalized spacial score (nSPS) is 29.2. The van der Waals surface area contributed by atoms with Crippen molar-refractivity contribution < 1.29 is 14.6 Å². The summed E-state index contributed by atoms with van der Waals surface area (Å²) < 4.78 is 12.3. The summed E-state index contributed by atoms with van der Waals surface area (Å²) in [5, 5.41) is 10.2. The van der Waals surface area contributed by atoms with Crippen LogP contribution in [0.3, 0.4) is 0 Å². The van der Waals surface area contributed by atoms with E-state index < -0.39 is 5.79 Å². The number of fused-ring (bicyclic) bond motifs is 2. The summed E-state index contributed by atoms with van der Waals surface area (Å²) >= 11 is 1.85. The number of rotatable bonds is 2. The van der Waals surface area contributed by atoms with Crippen LogP contribution in [0.25, 0.3) is 0 Å². The second kappa shape index (κ2) is 5.95. The van der Waals surface area contributed by atoms with Crippen molar-refractivity contribution in [3.8, 4) is 0 Å². The average molecular weight is 344 g/mol. The molecule has 4 heteroatoms. The monoisotopic (exact) mass is 344 g/mol. The molecule has 1 N–H and O–H groups in total. The van der Waals surface area contributed by atoms with Crippen molar-refractivity contribution in [2.24, 2.45) is 0 Å². The number of aliphatic hydroxyl groups is 1. The second-order valence-corrected chi connectivity index (χ2v) is 8.56. The highest BCUT2D eigenvalue weighted by molar-refractivity contribution is 7.11. The lowest BCUT2D eigenvalue weighted by molar-refractivity contribution is -0.295. The molecule has 1 aromatic carbocycles. The molecule has 0 aliphatic carbocycles. The van der Waals surface area contributed by atoms with E-state index in [0.717, 1.165) is 12.0 Å². The lowest BCUT2D eigenvalue weighted by Gasteiger charge is -2.39. The second-order valence-electron chi connectivity index (χ2n) is 7.19. The molecule has 3 heterocycles. The molecule has 1 saturated heterocycles. The molecule has 2 aliphatic heterocycles. The van der Waals surface area contributed by atoms with Gasteiger partial charge in [-0.1, -0.05) is 6.07 Å². The molecular weight excluding hydrogens is 320 g/mol. The van der Waals surface area contributed by atoms with Crippen molar-refractivity contribution in [2.75, 3.05) is 0 Å². The van der Waals surface area contributed by atoms with Crippen LogP contribution in [-0.2, 0) is 28.3 Å². The van der Waals surface area contributed by atoms with Crippen molar-refractivity contribution in [2.45, 2.75) is 64.6 Å². The van der Waals surface area contributed by atoms with Crippen molar-refractivity contribution in [3.63, 3.8) is 0 Å². The molecule has 1 aromatic heterocycles. The summed E-state index contributed by atoms with van der Waals surface area (Å²) in [6, 6.07) is 8.86. The smallest absolute Gasteiger partial charge is 0.198 e. The van der Waals surface area contributed by atoms with Crippen LogP contribution in [0.2, 0.25) is 0 Å². The standard InChI is InChI=1S/C20H24O3S/c1-12-6-16-11-22-20(10-17(21)7-13(2)23-20)19(16)9-15(12)8-18-5-4-14(3)24-18/h4-6,9,13,17,21H,7-8,10-11H2,1-3H3/t13?,17?,20-/m1/s1. The molecule has 3 atom stereocenters. The molecule has 24 heavy (non-hydrogen) atoms. The van der Waals surface area contributed by atoms with Gasteiger partial charge in [-0.05, 0) is 62.1 Å². The third-order valence-electron chi connectivity index (χ3n) is 5.09. The van der Waals surface area contributed by atoms with Crippen molar-refractivity contribution in [1.82, 2.24) is 0 Å². The molecule has 128 valence electrons. The Hall–Kier alpha value is -1.20. The predicted molar refractivity (Wildman–Crippen MR) is 95.3 cm³/mol. The largest absolute Gasteiger partial charge is 0.393 e. The van der Waals surface area contributed by atoms with E-state index in [9.17, 15) is 5.11 Å². The lowest BCUT2D eigenvalue weighted by atomic mass is 9.89. The maximum Gasteiger partial charge on any atom is 0.198 e. The maximum absolute atomic E-state index is 10.2. The van der Waals surface area contributed by atoms with Crippen LogP contribution in [0.15, 0.2) is 24.3 Å². The third-order valence-corrected chi connectivity index (χ3v) is 6.09. The van der Waals surface area contributed by atoms with Crippen LogP contribution >= 0.6 is 11.3 Å². The lowest BCUT2D eigenvalue weighted by Crippen LogP contribution is -2.43. The third kappa shape index (κ3) is 2.82. The fourth-order valence-electron chi connectivity index (χ4n) is 3.98. The van der Waals surface area contributed by atoms with E-state index >= 15 is 0 Å². The molecule has 0 saturated carbocycles. The zero-order valence-electron chi connectivity index (χ0n) is 14.5. The van der Waals surface area contributed by atoms with Crippen LogP contribution in [0.4, 0.5) is 0 Å². The molecular formula is C20H24O3S. The Balaban J connectivity index is 1.71. The van der Waals surface area contributed by atoms with E-state index in [1.54, 1.807) is 0 Å². The fraction of sp³-hybridized carbons (Fsp3) is 0.500. The Bertz CT molecular complexity index is 754. The number of benzene rings is 1. The topological polar surface area (TPSA) is 38.7 Å². The first-order chi connectivity index (χ1) is 11.4. The number of thiophene rings is 1. The highest BCUT2D eigenvalue weighted by atomic mass is 32.1. The molecule has 3 nitrogen and oxygen atoms in total. The first kappa shape index (κ1) is 16.3. The SMILES string of the molecule is Cc1ccc(Cc2cc3c(cc2C)CO[C@@]32CC(O)CC(C)O2)s1. The van der Waals surface area contributed by atoms with Crippen LogP contribution in [0, 0.1) is 13.8 Å². The molecule has 0 radical (unpaired) electrons. The Morgan fingerprint density at radius 3 is 2.83 bits per heavy atom. The van der Waals surface area contributed by atoms with Gasteiger partial charge in [-0.25, -0.2) is 0 Å². The van der Waals surface area contributed by atoms with Gasteiger partial charge in [-0.2, -0.15) is 0 Å². The minimum Gasteiger partial charge on any atom is -0.393 e. The van der Waals surface area contributed by atoms with E-state index in [1.165, 1.54) is 26.4 Å². The van der Waals surface area contributed by atoms with Gasteiger partial charge >= 0.3 is 0 Å². The van der Waals surface area contributed by atoms with Crippen LogP contribution in [-0.4, -0.2) is 17.3 Å². The Morgan fingerprint density at radius 1 is 1.29 bits per heavy atom. The number of hydrogen-bond donors (Lipinski definition) is 1. The summed E-state index contributed by atoms with van der Waals surface area (Å²) in [6.07, 6.45) is 1.76. The van der Waals surface area contributed by atoms with Gasteiger partial charge in [0.1, 0.15) is 0 Å². The van der Waals surface area contributed by atoms with Crippen LogP contribution in [0.1, 0.15) is 51.8 Å². The average Bonchev–Trinajstić information content (AvgIpc) is 3.04. The Kier molecular flexibility index (Phi) is 4.04. The summed E-state index contributed by atoms with van der Waals surface area (Å²) in [5.41, 5.74) is 4.92. The van der Waals surface area contributed by atoms with Gasteiger partial charge in [0, 0.05) is 28.2 Å². The molecule has 2 unspecified atom stereocenters.